The Kier molecular flexibility index (Phi) is 30.1. The molecular weight excluding hydrogens is 1250 g/mol. The number of nitrogens with zero attached hydrogens (tertiary/aromatic N) is 2. The fraction of sp³-hybridized carbons (Fsp3) is 0.657. The number of hydrogen-bond donors (Lipinski definition) is 11. The number of ether oxygens (including phenoxy) is 2. The third kappa shape index (κ3) is 25.9. The molecule has 0 spiro atoms. The first-order valence-electron chi connectivity index (χ1n) is 34.3. The molecule has 0 saturated carbocycles. The van der Waals surface area contributed by atoms with E-state index in [1.807, 2.05) is 27.7 Å². The van der Waals surface area contributed by atoms with Gasteiger partial charge in [0.1, 0.15) is 71.6 Å². The van der Waals surface area contributed by atoms with Gasteiger partial charge in [0, 0.05) is 45.1 Å². The number of benzene rings is 2. The van der Waals surface area contributed by atoms with Crippen LogP contribution in [0.5, 0.6) is 0 Å². The summed E-state index contributed by atoms with van der Waals surface area (Å²) in [4.78, 5) is 177. The summed E-state index contributed by atoms with van der Waals surface area (Å²) in [7, 11) is 0. The van der Waals surface area contributed by atoms with E-state index < -0.39 is 161 Å². The highest BCUT2D eigenvalue weighted by atomic mass is 16.6. The Morgan fingerprint density at radius 1 is 0.485 bits per heavy atom. The third-order valence-corrected chi connectivity index (χ3v) is 16.7. The number of hydrogen-bond acceptors (Lipinski definition) is 15. The van der Waals surface area contributed by atoms with E-state index in [4.69, 9.17) is 15.2 Å². The van der Waals surface area contributed by atoms with Gasteiger partial charge < -0.3 is 78.2 Å². The first kappa shape index (κ1) is 79.3. The van der Waals surface area contributed by atoms with Crippen LogP contribution in [0.25, 0.3) is 0 Å². The van der Waals surface area contributed by atoms with Gasteiger partial charge >= 0.3 is 12.2 Å². The van der Waals surface area contributed by atoms with Crippen molar-refractivity contribution in [3.8, 4) is 0 Å². The van der Waals surface area contributed by atoms with E-state index in [2.05, 4.69) is 53.2 Å². The van der Waals surface area contributed by atoms with E-state index in [0.717, 1.165) is 0 Å². The van der Waals surface area contributed by atoms with Crippen LogP contribution in [0.2, 0.25) is 0 Å². The molecule has 0 radical (unpaired) electrons. The lowest BCUT2D eigenvalue weighted by Crippen LogP contribution is -2.62. The number of fused-ring (bicyclic) bond motifs is 2. The van der Waals surface area contributed by atoms with Crippen LogP contribution in [0.3, 0.4) is 0 Å². The van der Waals surface area contributed by atoms with Crippen LogP contribution < -0.4 is 58.9 Å². The van der Waals surface area contributed by atoms with Gasteiger partial charge in [-0.1, -0.05) is 116 Å². The molecule has 11 atom stereocenters. The first-order chi connectivity index (χ1) is 45.5. The Bertz CT molecular complexity index is 3020. The summed E-state index contributed by atoms with van der Waals surface area (Å²) in [5.41, 5.74) is 6.22. The van der Waals surface area contributed by atoms with E-state index in [0.29, 0.717) is 17.5 Å². The molecule has 97 heavy (non-hydrogen) atoms. The standard InChI is InChI=1S/C70H109N13O14/c1-40(2)34-49-59(86)78-51(36-44-24-17-15-18-25-44)65(92)82-33-23-30-53(82)61(88)80-55(42(5)6)63(90)74-47(28-21-31-72-67(94)96-69(9,10)11)57(84)77-50(35-41(3)4)60(87)79-52(37-45-26-19-16-20-27-45)66(93)83-39-46(71)38-54(83)62(89)81-56(43(7)8)64(91)75-48(58(85)76-49)29-22-32-73-68(95)97-70(12,13)14/h15-20,24-27,40-43,46-56H,21-23,28-39,71H2,1-14H3,(H,72,94)(H,73,95)(H,74,90)(H,75,91)(H,76,85)(H,77,84)(H,78,86)(H,79,87)(H,80,88)(H,81,89)/t46-,47+,48+,49+,50+,51-,52-,53+,54+,55+,56+/m1/s1. The van der Waals surface area contributed by atoms with Gasteiger partial charge in [-0.25, -0.2) is 9.59 Å². The number of rotatable bonds is 18. The molecule has 12 amide bonds. The van der Waals surface area contributed by atoms with Gasteiger partial charge in [0.25, 0.3) is 0 Å². The van der Waals surface area contributed by atoms with Gasteiger partial charge in [0.2, 0.25) is 59.1 Å². The van der Waals surface area contributed by atoms with Crippen LogP contribution in [0, 0.1) is 23.7 Å². The summed E-state index contributed by atoms with van der Waals surface area (Å²) < 4.78 is 10.8. The average Bonchev–Trinajstić information content (AvgIpc) is 1.75. The highest BCUT2D eigenvalue weighted by Gasteiger charge is 2.45. The Morgan fingerprint density at radius 2 is 0.845 bits per heavy atom. The fourth-order valence-corrected chi connectivity index (χ4v) is 11.9. The number of carbonyl (C=O) groups excluding carboxylic acids is 12. The molecule has 3 aliphatic heterocycles. The van der Waals surface area contributed by atoms with Gasteiger partial charge in [0.15, 0.2) is 0 Å². The van der Waals surface area contributed by atoms with Crippen molar-refractivity contribution in [2.45, 2.75) is 245 Å². The van der Waals surface area contributed by atoms with Crippen LogP contribution in [0.1, 0.15) is 166 Å². The maximum absolute atomic E-state index is 15.2. The van der Waals surface area contributed by atoms with E-state index in [1.54, 1.807) is 130 Å². The minimum Gasteiger partial charge on any atom is -0.444 e. The van der Waals surface area contributed by atoms with Crippen molar-refractivity contribution in [1.29, 1.82) is 0 Å². The zero-order valence-electron chi connectivity index (χ0n) is 59.2. The summed E-state index contributed by atoms with van der Waals surface area (Å²) >= 11 is 0. The molecule has 0 aromatic heterocycles. The van der Waals surface area contributed by atoms with E-state index in [9.17, 15) is 47.9 Å². The molecule has 3 saturated heterocycles. The third-order valence-electron chi connectivity index (χ3n) is 16.7. The van der Waals surface area contributed by atoms with Crippen molar-refractivity contribution in [2.24, 2.45) is 29.4 Å². The van der Waals surface area contributed by atoms with Gasteiger partial charge in [-0.3, -0.25) is 47.9 Å². The van der Waals surface area contributed by atoms with Crippen LogP contribution in [0.4, 0.5) is 9.59 Å². The van der Waals surface area contributed by atoms with Gasteiger partial charge in [0.05, 0.1) is 0 Å². The summed E-state index contributed by atoms with van der Waals surface area (Å²) in [6.07, 6.45) is -0.893. The van der Waals surface area contributed by atoms with Crippen molar-refractivity contribution in [2.75, 3.05) is 26.2 Å². The molecule has 538 valence electrons. The lowest BCUT2D eigenvalue weighted by Gasteiger charge is -2.33. The quantitative estimate of drug-likeness (QED) is 0.0954. The Morgan fingerprint density at radius 3 is 1.23 bits per heavy atom. The largest absolute Gasteiger partial charge is 0.444 e. The minimum absolute atomic E-state index is 0.00193. The lowest BCUT2D eigenvalue weighted by molar-refractivity contribution is -0.143. The van der Waals surface area contributed by atoms with Gasteiger partial charge in [-0.05, 0) is 134 Å². The average molecular weight is 1360 g/mol. The number of nitrogens with one attached hydrogen (secondary N) is 10. The molecule has 2 aromatic carbocycles. The van der Waals surface area contributed by atoms with E-state index in [1.165, 1.54) is 9.80 Å². The summed E-state index contributed by atoms with van der Waals surface area (Å²) in [6.45, 7) is 24.2. The molecule has 27 nitrogen and oxygen atoms in total. The highest BCUT2D eigenvalue weighted by Crippen LogP contribution is 2.24. The molecule has 2 aromatic rings. The maximum atomic E-state index is 15.2. The zero-order chi connectivity index (χ0) is 72.1. The second-order valence-corrected chi connectivity index (χ2v) is 29.3. The van der Waals surface area contributed by atoms with Crippen LogP contribution in [-0.4, -0.2) is 185 Å². The molecule has 3 aliphatic rings. The van der Waals surface area contributed by atoms with E-state index in [-0.39, 0.29) is 102 Å². The van der Waals surface area contributed by atoms with Crippen LogP contribution in [0.15, 0.2) is 60.7 Å². The molecule has 0 bridgehead atoms. The molecular formula is C70H109N13O14. The molecule has 3 fully saturated rings. The van der Waals surface area contributed by atoms with Gasteiger partial charge in [-0.15, -0.1) is 0 Å². The predicted molar refractivity (Wildman–Crippen MR) is 364 cm³/mol. The number of amides is 12. The lowest BCUT2D eigenvalue weighted by atomic mass is 9.98. The Hall–Kier alpha value is -8.36. The summed E-state index contributed by atoms with van der Waals surface area (Å²) in [5.74, 6) is -9.11. The normalized spacial score (nSPS) is 25.2. The molecule has 5 rings (SSSR count). The van der Waals surface area contributed by atoms with E-state index >= 15 is 9.59 Å². The Balaban J connectivity index is 1.63. The van der Waals surface area contributed by atoms with Crippen molar-refractivity contribution < 1.29 is 67.0 Å². The van der Waals surface area contributed by atoms with Crippen molar-refractivity contribution in [1.82, 2.24) is 63.0 Å². The summed E-state index contributed by atoms with van der Waals surface area (Å²) in [5, 5.41) is 28.0. The molecule has 0 unspecified atom stereocenters. The first-order valence-corrected chi connectivity index (χ1v) is 34.3. The fourth-order valence-electron chi connectivity index (χ4n) is 11.9. The summed E-state index contributed by atoms with van der Waals surface area (Å²) in [6, 6.07) is 3.87. The van der Waals surface area contributed by atoms with Crippen molar-refractivity contribution in [3.63, 3.8) is 0 Å². The SMILES string of the molecule is CC(C)C[C@@H]1NC(=O)[C@H](CCCNC(=O)OC(C)(C)C)NC(=O)[C@H](C(C)C)NC(=O)[C@@H]2C[C@@H](N)CN2C(=O)[C@@H](Cc2ccccc2)NC(=O)[C@H](CC(C)C)NC(=O)[C@H](CCCNC(=O)OC(C)(C)C)NC(=O)[C@H](C(C)C)NC(=O)[C@@H]2CCCN2C(=O)[C@@H](Cc2ccccc2)NC1=O. The molecule has 12 N–H and O–H groups in total. The van der Waals surface area contributed by atoms with Gasteiger partial charge in [-0.2, -0.15) is 0 Å². The topological polar surface area (TPSA) is 376 Å². The van der Waals surface area contributed by atoms with Crippen molar-refractivity contribution >= 4 is 71.3 Å². The smallest absolute Gasteiger partial charge is 0.407 e. The van der Waals surface area contributed by atoms with Crippen LogP contribution in [-0.2, 0) is 70.3 Å². The predicted octanol–water partition coefficient (Wildman–Crippen LogP) is 3.30. The second kappa shape index (κ2) is 36.8. The highest BCUT2D eigenvalue weighted by molar-refractivity contribution is 6.00. The minimum atomic E-state index is -1.39. The number of carbonyl (C=O) groups is 12. The maximum Gasteiger partial charge on any atom is 0.407 e. The molecule has 0 aliphatic carbocycles. The monoisotopic (exact) mass is 1360 g/mol. The number of nitrogens with two attached hydrogens (primary N) is 1. The Labute approximate surface area is 571 Å². The number of alkyl carbamates (subject to hydrolysis) is 2. The molecule has 3 heterocycles. The molecule has 27 heteroatoms. The zero-order valence-corrected chi connectivity index (χ0v) is 59.2. The van der Waals surface area contributed by atoms with Crippen LogP contribution >= 0.6 is 0 Å². The second-order valence-electron chi connectivity index (χ2n) is 29.3. The van der Waals surface area contributed by atoms with Crippen molar-refractivity contribution in [3.05, 3.63) is 71.8 Å².